The summed E-state index contributed by atoms with van der Waals surface area (Å²) in [7, 11) is 0. The average Bonchev–Trinajstić information content (AvgIpc) is 2.34. The van der Waals surface area contributed by atoms with E-state index >= 15 is 0 Å². The molecule has 0 bridgehead atoms. The number of alkyl halides is 3. The van der Waals surface area contributed by atoms with Crippen molar-refractivity contribution in [1.82, 2.24) is 4.90 Å². The van der Waals surface area contributed by atoms with Gasteiger partial charge in [-0.1, -0.05) is 6.07 Å². The molecule has 0 aromatic heterocycles. The lowest BCUT2D eigenvalue weighted by atomic mass is 9.95. The van der Waals surface area contributed by atoms with Crippen LogP contribution in [0.25, 0.3) is 0 Å². The van der Waals surface area contributed by atoms with E-state index in [0.717, 1.165) is 12.1 Å². The Bertz CT molecular complexity index is 578. The zero-order chi connectivity index (χ0) is 16.7. The summed E-state index contributed by atoms with van der Waals surface area (Å²) in [5.41, 5.74) is -0.826. The Morgan fingerprint density at radius 3 is 2.50 bits per heavy atom. The number of rotatable bonds is 0. The molecule has 122 valence electrons. The maximum Gasteiger partial charge on any atom is 0.416 e. The average molecular weight is 317 g/mol. The van der Waals surface area contributed by atoms with E-state index in [1.807, 2.05) is 0 Å². The number of carbonyl (C=O) groups is 1. The summed E-state index contributed by atoms with van der Waals surface area (Å²) < 4.78 is 43.5. The number of benzene rings is 1. The lowest BCUT2D eigenvalue weighted by Crippen LogP contribution is -2.41. The molecule has 1 unspecified atom stereocenters. The van der Waals surface area contributed by atoms with Crippen LogP contribution in [0.1, 0.15) is 43.6 Å². The molecule has 1 aromatic rings. The van der Waals surface area contributed by atoms with Gasteiger partial charge in [0, 0.05) is 6.54 Å². The Hall–Kier alpha value is -1.76. The molecule has 1 aromatic carbocycles. The fraction of sp³-hybridized carbons (Fsp3) is 0.533. The van der Waals surface area contributed by atoms with Gasteiger partial charge < -0.3 is 14.7 Å². The van der Waals surface area contributed by atoms with Gasteiger partial charge in [-0.15, -0.1) is 0 Å². The topological polar surface area (TPSA) is 49.8 Å². The maximum atomic E-state index is 12.8. The fourth-order valence-corrected chi connectivity index (χ4v) is 2.29. The van der Waals surface area contributed by atoms with Crippen LogP contribution in [-0.2, 0) is 17.5 Å². The Morgan fingerprint density at radius 1 is 1.32 bits per heavy atom. The quantitative estimate of drug-likeness (QED) is 0.797. The van der Waals surface area contributed by atoms with Crippen LogP contribution in [0, 0.1) is 0 Å². The van der Waals surface area contributed by atoms with Crippen molar-refractivity contribution in [2.24, 2.45) is 0 Å². The first-order chi connectivity index (χ1) is 9.97. The molecule has 0 saturated carbocycles. The van der Waals surface area contributed by atoms with Crippen molar-refractivity contribution in [3.8, 4) is 0 Å². The van der Waals surface area contributed by atoms with E-state index in [2.05, 4.69) is 0 Å². The van der Waals surface area contributed by atoms with E-state index in [1.54, 1.807) is 20.8 Å². The van der Waals surface area contributed by atoms with Crippen LogP contribution in [0.5, 0.6) is 0 Å². The number of ether oxygens (including phenoxy) is 1. The third kappa shape index (κ3) is 3.71. The molecular weight excluding hydrogens is 299 g/mol. The molecule has 0 spiro atoms. The minimum absolute atomic E-state index is 0.00667. The zero-order valence-electron chi connectivity index (χ0n) is 12.6. The van der Waals surface area contributed by atoms with Crippen molar-refractivity contribution in [3.63, 3.8) is 0 Å². The minimum atomic E-state index is -4.46. The molecule has 1 heterocycles. The second-order valence-electron chi connectivity index (χ2n) is 6.29. The number of hydrogen-bond donors (Lipinski definition) is 1. The summed E-state index contributed by atoms with van der Waals surface area (Å²) >= 11 is 0. The van der Waals surface area contributed by atoms with E-state index in [9.17, 15) is 23.1 Å². The van der Waals surface area contributed by atoms with Gasteiger partial charge in [0.05, 0.1) is 18.2 Å². The minimum Gasteiger partial charge on any atom is -0.444 e. The van der Waals surface area contributed by atoms with E-state index in [4.69, 9.17) is 4.74 Å². The summed E-state index contributed by atoms with van der Waals surface area (Å²) in [5.74, 6) is 0. The molecule has 1 aliphatic heterocycles. The summed E-state index contributed by atoms with van der Waals surface area (Å²) in [6.07, 6.45) is -6.15. The maximum absolute atomic E-state index is 12.8. The summed E-state index contributed by atoms with van der Waals surface area (Å²) in [6.45, 7) is 5.06. The van der Waals surface area contributed by atoms with E-state index in [1.165, 1.54) is 11.0 Å². The number of hydrogen-bond acceptors (Lipinski definition) is 3. The van der Waals surface area contributed by atoms with Crippen molar-refractivity contribution in [2.45, 2.75) is 45.2 Å². The van der Waals surface area contributed by atoms with E-state index < -0.39 is 29.5 Å². The van der Waals surface area contributed by atoms with Crippen molar-refractivity contribution >= 4 is 6.09 Å². The van der Waals surface area contributed by atoms with E-state index in [0.29, 0.717) is 5.56 Å². The molecule has 0 radical (unpaired) electrons. The predicted octanol–water partition coefficient (Wildman–Crippen LogP) is 3.49. The second-order valence-corrected chi connectivity index (χ2v) is 6.29. The van der Waals surface area contributed by atoms with Crippen molar-refractivity contribution in [2.75, 3.05) is 6.54 Å². The normalized spacial score (nSPS) is 18.9. The molecule has 22 heavy (non-hydrogen) atoms. The van der Waals surface area contributed by atoms with E-state index in [-0.39, 0.29) is 18.7 Å². The third-order valence-corrected chi connectivity index (χ3v) is 3.24. The lowest BCUT2D eigenvalue weighted by molar-refractivity contribution is -0.137. The number of nitrogens with zero attached hydrogens (tertiary/aromatic N) is 1. The smallest absolute Gasteiger partial charge is 0.416 e. The van der Waals surface area contributed by atoms with Crippen molar-refractivity contribution < 1.29 is 27.8 Å². The molecule has 0 saturated heterocycles. The van der Waals surface area contributed by atoms with Crippen LogP contribution in [0.2, 0.25) is 0 Å². The second kappa shape index (κ2) is 5.46. The Morgan fingerprint density at radius 2 is 1.95 bits per heavy atom. The molecule has 1 atom stereocenters. The molecular formula is C15H18F3NO3. The van der Waals surface area contributed by atoms with Crippen LogP contribution in [0.4, 0.5) is 18.0 Å². The van der Waals surface area contributed by atoms with Crippen LogP contribution < -0.4 is 0 Å². The van der Waals surface area contributed by atoms with Crippen molar-refractivity contribution in [1.29, 1.82) is 0 Å². The zero-order valence-corrected chi connectivity index (χ0v) is 12.6. The molecule has 2 rings (SSSR count). The highest BCUT2D eigenvalue weighted by molar-refractivity contribution is 5.69. The third-order valence-electron chi connectivity index (χ3n) is 3.24. The number of carbonyl (C=O) groups excluding carboxylic acids is 1. The standard InChI is InChI=1S/C15H18F3NO3/c1-14(2,3)22-13(21)19-7-9-6-10(15(16,17)18)4-5-11(9)12(20)8-19/h4-6,12,20H,7-8H2,1-3H3. The number of fused-ring (bicyclic) bond motifs is 1. The van der Waals surface area contributed by atoms with Crippen LogP contribution in [-0.4, -0.2) is 28.2 Å². The fourth-order valence-electron chi connectivity index (χ4n) is 2.29. The number of aliphatic hydroxyl groups excluding tert-OH is 1. The largest absolute Gasteiger partial charge is 0.444 e. The van der Waals surface area contributed by atoms with Crippen LogP contribution >= 0.6 is 0 Å². The van der Waals surface area contributed by atoms with Gasteiger partial charge in [0.15, 0.2) is 0 Å². The Balaban J connectivity index is 2.26. The molecule has 0 aliphatic carbocycles. The SMILES string of the molecule is CC(C)(C)OC(=O)N1Cc2cc(C(F)(F)F)ccc2C(O)C1. The van der Waals surface area contributed by atoms with Crippen LogP contribution in [0.3, 0.4) is 0 Å². The van der Waals surface area contributed by atoms with Crippen molar-refractivity contribution in [3.05, 3.63) is 34.9 Å². The number of amides is 1. The highest BCUT2D eigenvalue weighted by Crippen LogP contribution is 2.34. The molecule has 7 heteroatoms. The number of β-amino-alcohol motifs (C(OH)–C–C–N with tert-alkyl or cyclic N) is 1. The first-order valence-corrected chi connectivity index (χ1v) is 6.83. The first kappa shape index (κ1) is 16.6. The summed E-state index contributed by atoms with van der Waals surface area (Å²) in [6, 6.07) is 3.16. The Labute approximate surface area is 126 Å². The first-order valence-electron chi connectivity index (χ1n) is 6.83. The molecule has 1 aliphatic rings. The number of aliphatic hydroxyl groups is 1. The number of halogens is 3. The van der Waals surface area contributed by atoms with Gasteiger partial charge in [0.25, 0.3) is 0 Å². The highest BCUT2D eigenvalue weighted by atomic mass is 19.4. The molecule has 1 N–H and O–H groups in total. The van der Waals surface area contributed by atoms with Crippen LogP contribution in [0.15, 0.2) is 18.2 Å². The van der Waals surface area contributed by atoms with Gasteiger partial charge in [-0.05, 0) is 44.0 Å². The summed E-state index contributed by atoms with van der Waals surface area (Å²) in [4.78, 5) is 13.2. The van der Waals surface area contributed by atoms with Gasteiger partial charge >= 0.3 is 12.3 Å². The van der Waals surface area contributed by atoms with Gasteiger partial charge in [-0.3, -0.25) is 0 Å². The molecule has 0 fully saturated rings. The highest BCUT2D eigenvalue weighted by Gasteiger charge is 2.34. The van der Waals surface area contributed by atoms with Gasteiger partial charge in [-0.25, -0.2) is 4.79 Å². The molecule has 1 amide bonds. The van der Waals surface area contributed by atoms with Gasteiger partial charge in [0.1, 0.15) is 5.60 Å². The van der Waals surface area contributed by atoms with Gasteiger partial charge in [0.2, 0.25) is 0 Å². The van der Waals surface area contributed by atoms with Gasteiger partial charge in [-0.2, -0.15) is 13.2 Å². The Kier molecular flexibility index (Phi) is 4.12. The predicted molar refractivity (Wildman–Crippen MR) is 73.0 cm³/mol. The summed E-state index contributed by atoms with van der Waals surface area (Å²) in [5, 5.41) is 10.0. The monoisotopic (exact) mass is 317 g/mol. The molecule has 4 nitrogen and oxygen atoms in total. The lowest BCUT2D eigenvalue weighted by Gasteiger charge is -2.34.